The molecule has 0 aromatic heterocycles. The van der Waals surface area contributed by atoms with Crippen molar-refractivity contribution in [2.75, 3.05) is 19.6 Å². The van der Waals surface area contributed by atoms with Gasteiger partial charge in [0.05, 0.1) is 11.9 Å². The van der Waals surface area contributed by atoms with Crippen molar-refractivity contribution in [1.82, 2.24) is 10.3 Å². The molecule has 0 atom stereocenters. The second-order valence-corrected chi connectivity index (χ2v) is 4.24. The molecule has 2 fully saturated rings. The van der Waals surface area contributed by atoms with Gasteiger partial charge in [0.15, 0.2) is 0 Å². The molecule has 1 radical (unpaired) electrons. The zero-order valence-corrected chi connectivity index (χ0v) is 7.74. The van der Waals surface area contributed by atoms with Gasteiger partial charge in [-0.05, 0) is 30.8 Å². The fraction of sp³-hybridized carbons (Fsp3) is 0.700. The summed E-state index contributed by atoms with van der Waals surface area (Å²) in [4.78, 5) is 2.52. The van der Waals surface area contributed by atoms with E-state index in [1.165, 1.54) is 37.2 Å². The average Bonchev–Trinajstić information content (AvgIpc) is 2.83. The van der Waals surface area contributed by atoms with E-state index in [0.717, 1.165) is 18.9 Å². The van der Waals surface area contributed by atoms with Gasteiger partial charge in [-0.2, -0.15) is 10.5 Å². The summed E-state index contributed by atoms with van der Waals surface area (Å²) >= 11 is 0. The van der Waals surface area contributed by atoms with Gasteiger partial charge in [0.2, 0.25) is 0 Å². The van der Waals surface area contributed by atoms with Crippen LogP contribution in [-0.4, -0.2) is 30.2 Å². The first-order chi connectivity index (χ1) is 6.42. The zero-order valence-electron chi connectivity index (χ0n) is 7.74. The minimum atomic E-state index is 0.990. The lowest BCUT2D eigenvalue weighted by molar-refractivity contribution is 0.293. The minimum absolute atomic E-state index is 0.990. The Labute approximate surface area is 78.5 Å². The SMILES string of the molecule is C1=C2CCN(CC3CC3)CC2=N[N]1. The Hall–Kier alpha value is -0.830. The number of hydrogen-bond donors (Lipinski definition) is 0. The lowest BCUT2D eigenvalue weighted by Gasteiger charge is -2.27. The van der Waals surface area contributed by atoms with E-state index in [1.54, 1.807) is 0 Å². The Balaban J connectivity index is 1.64. The van der Waals surface area contributed by atoms with E-state index in [0.29, 0.717) is 0 Å². The number of rotatable bonds is 2. The molecule has 2 heterocycles. The number of nitrogens with zero attached hydrogens (tertiary/aromatic N) is 3. The van der Waals surface area contributed by atoms with E-state index in [1.807, 2.05) is 6.20 Å². The molecule has 0 unspecified atom stereocenters. The molecule has 3 aliphatic rings. The summed E-state index contributed by atoms with van der Waals surface area (Å²) in [7, 11) is 0. The van der Waals surface area contributed by atoms with E-state index in [4.69, 9.17) is 0 Å². The van der Waals surface area contributed by atoms with Crippen LogP contribution < -0.4 is 5.43 Å². The van der Waals surface area contributed by atoms with Crippen LogP contribution in [0, 0.1) is 5.92 Å². The van der Waals surface area contributed by atoms with Crippen LogP contribution in [0.5, 0.6) is 0 Å². The quantitative estimate of drug-likeness (QED) is 0.616. The highest BCUT2D eigenvalue weighted by Crippen LogP contribution is 2.30. The van der Waals surface area contributed by atoms with Gasteiger partial charge >= 0.3 is 0 Å². The van der Waals surface area contributed by atoms with Crippen molar-refractivity contribution in [1.29, 1.82) is 0 Å². The van der Waals surface area contributed by atoms with Crippen molar-refractivity contribution in [3.63, 3.8) is 0 Å². The van der Waals surface area contributed by atoms with Gasteiger partial charge < -0.3 is 0 Å². The van der Waals surface area contributed by atoms with E-state index in [2.05, 4.69) is 15.4 Å². The predicted molar refractivity (Wildman–Crippen MR) is 51.4 cm³/mol. The molecular formula is C10H14N3. The highest BCUT2D eigenvalue weighted by molar-refractivity contribution is 6.03. The molecule has 0 aromatic carbocycles. The first kappa shape index (κ1) is 7.56. The van der Waals surface area contributed by atoms with Gasteiger partial charge in [-0.25, -0.2) is 0 Å². The maximum Gasteiger partial charge on any atom is 0.0819 e. The average molecular weight is 176 g/mol. The predicted octanol–water partition coefficient (Wildman–Crippen LogP) is 0.960. The Bertz CT molecular complexity index is 276. The monoisotopic (exact) mass is 176 g/mol. The molecule has 3 rings (SSSR count). The van der Waals surface area contributed by atoms with Gasteiger partial charge in [-0.15, -0.1) is 0 Å². The Morgan fingerprint density at radius 3 is 3.23 bits per heavy atom. The topological polar surface area (TPSA) is 29.7 Å². The highest BCUT2D eigenvalue weighted by atomic mass is 15.3. The van der Waals surface area contributed by atoms with Gasteiger partial charge in [-0.3, -0.25) is 4.90 Å². The molecular weight excluding hydrogens is 162 g/mol. The number of piperidine rings is 1. The van der Waals surface area contributed by atoms with Crippen LogP contribution in [0.4, 0.5) is 0 Å². The van der Waals surface area contributed by atoms with Crippen molar-refractivity contribution < 1.29 is 0 Å². The third-order valence-corrected chi connectivity index (χ3v) is 3.05. The molecule has 0 spiro atoms. The summed E-state index contributed by atoms with van der Waals surface area (Å²) in [6.45, 7) is 3.52. The maximum atomic E-state index is 4.14. The smallest absolute Gasteiger partial charge is 0.0819 e. The molecule has 1 saturated carbocycles. The zero-order chi connectivity index (χ0) is 8.67. The maximum absolute atomic E-state index is 4.14. The van der Waals surface area contributed by atoms with Crippen molar-refractivity contribution >= 4 is 5.71 Å². The number of likely N-dealkylation sites (tertiary alicyclic amines) is 1. The van der Waals surface area contributed by atoms with E-state index >= 15 is 0 Å². The molecule has 1 saturated heterocycles. The summed E-state index contributed by atoms with van der Waals surface area (Å²) in [5, 5.41) is 4.14. The van der Waals surface area contributed by atoms with Gasteiger partial charge in [0.25, 0.3) is 0 Å². The standard InChI is InChI=1S/C10H14N3/c1-2-8(1)6-13-4-3-9-5-11-12-10(9)7-13/h5,8H,1-4,6-7H2. The lowest BCUT2D eigenvalue weighted by Crippen LogP contribution is -2.37. The van der Waals surface area contributed by atoms with E-state index in [-0.39, 0.29) is 0 Å². The fourth-order valence-corrected chi connectivity index (χ4v) is 2.04. The minimum Gasteiger partial charge on any atom is -0.297 e. The molecule has 0 aromatic rings. The van der Waals surface area contributed by atoms with Crippen LogP contribution in [0.1, 0.15) is 19.3 Å². The Morgan fingerprint density at radius 1 is 1.46 bits per heavy atom. The van der Waals surface area contributed by atoms with Crippen molar-refractivity contribution in [3.05, 3.63) is 11.8 Å². The molecule has 13 heavy (non-hydrogen) atoms. The molecule has 0 amide bonds. The Kier molecular flexibility index (Phi) is 1.65. The van der Waals surface area contributed by atoms with E-state index < -0.39 is 0 Å². The van der Waals surface area contributed by atoms with E-state index in [9.17, 15) is 0 Å². The fourth-order valence-electron chi connectivity index (χ4n) is 2.04. The molecule has 3 heteroatoms. The molecule has 3 nitrogen and oxygen atoms in total. The van der Waals surface area contributed by atoms with Crippen molar-refractivity contribution in [2.24, 2.45) is 11.0 Å². The van der Waals surface area contributed by atoms with Crippen LogP contribution in [0.2, 0.25) is 0 Å². The Morgan fingerprint density at radius 2 is 2.38 bits per heavy atom. The third-order valence-electron chi connectivity index (χ3n) is 3.05. The van der Waals surface area contributed by atoms with Crippen molar-refractivity contribution in [3.8, 4) is 0 Å². The van der Waals surface area contributed by atoms with Crippen LogP contribution in [0.15, 0.2) is 16.9 Å². The second kappa shape index (κ2) is 2.84. The summed E-state index contributed by atoms with van der Waals surface area (Å²) in [5.74, 6) is 0.990. The normalized spacial score (nSPS) is 27.7. The first-order valence-corrected chi connectivity index (χ1v) is 5.10. The largest absolute Gasteiger partial charge is 0.297 e. The number of hydrogen-bond acceptors (Lipinski definition) is 2. The van der Waals surface area contributed by atoms with Crippen LogP contribution >= 0.6 is 0 Å². The molecule has 0 N–H and O–H groups in total. The van der Waals surface area contributed by atoms with Gasteiger partial charge in [0, 0.05) is 19.6 Å². The molecule has 0 bridgehead atoms. The second-order valence-electron chi connectivity index (χ2n) is 4.24. The third kappa shape index (κ3) is 1.48. The van der Waals surface area contributed by atoms with Crippen LogP contribution in [-0.2, 0) is 0 Å². The first-order valence-electron chi connectivity index (χ1n) is 5.10. The van der Waals surface area contributed by atoms with Crippen LogP contribution in [0.3, 0.4) is 0 Å². The van der Waals surface area contributed by atoms with Crippen LogP contribution in [0.25, 0.3) is 0 Å². The summed E-state index contributed by atoms with van der Waals surface area (Å²) in [6, 6.07) is 0. The highest BCUT2D eigenvalue weighted by Gasteiger charge is 2.28. The molecule has 69 valence electrons. The summed E-state index contributed by atoms with van der Waals surface area (Å²) < 4.78 is 0. The van der Waals surface area contributed by atoms with Crippen molar-refractivity contribution in [2.45, 2.75) is 19.3 Å². The summed E-state index contributed by atoms with van der Waals surface area (Å²) in [5.41, 5.74) is 6.54. The molecule has 1 aliphatic carbocycles. The lowest BCUT2D eigenvalue weighted by atomic mass is 10.0. The summed E-state index contributed by atoms with van der Waals surface area (Å²) in [6.07, 6.45) is 5.95. The van der Waals surface area contributed by atoms with Gasteiger partial charge in [-0.1, -0.05) is 0 Å². The van der Waals surface area contributed by atoms with Gasteiger partial charge in [0.1, 0.15) is 0 Å². The number of fused-ring (bicyclic) bond motifs is 1. The molecule has 2 aliphatic heterocycles.